The first-order valence-corrected chi connectivity index (χ1v) is 32.5. The van der Waals surface area contributed by atoms with Crippen LogP contribution in [0.25, 0.3) is 0 Å². The summed E-state index contributed by atoms with van der Waals surface area (Å²) < 4.78 is 23.1. The van der Waals surface area contributed by atoms with Gasteiger partial charge < -0.3 is 40.8 Å². The van der Waals surface area contributed by atoms with Crippen LogP contribution in [0.4, 0.5) is 0 Å². The van der Waals surface area contributed by atoms with Crippen molar-refractivity contribution in [3.05, 3.63) is 0 Å². The van der Waals surface area contributed by atoms with E-state index in [1.54, 1.807) is 0 Å². The first-order valence-electron chi connectivity index (χ1n) is 31.0. The maximum atomic E-state index is 13.0. The first-order chi connectivity index (χ1) is 34.9. The first kappa shape index (κ1) is 69.4. The predicted molar refractivity (Wildman–Crippen MR) is 297 cm³/mol. The highest BCUT2D eigenvalue weighted by molar-refractivity contribution is 7.47. The lowest BCUT2D eigenvalue weighted by Crippen LogP contribution is -2.64. The molecule has 0 bridgehead atoms. The second-order valence-corrected chi connectivity index (χ2v) is 23.7. The fraction of sp³-hybridized carbons (Fsp3) is 0.983. The normalized spacial score (nSPS) is 21.0. The summed E-state index contributed by atoms with van der Waals surface area (Å²) in [5.74, 6) is -0.301. The van der Waals surface area contributed by atoms with E-state index in [9.17, 15) is 44.9 Å². The van der Waals surface area contributed by atoms with Gasteiger partial charge in [0.25, 0.3) is 0 Å². The standard InChI is InChI=1S/C59H118NO11P/c1-3-5-7-9-11-13-15-17-18-19-20-21-22-23-24-25-26-27-28-29-30-31-32-33-34-35-36-37-39-41-43-45-47-49-53(62)60-51(52(61)48-46-44-42-40-38-16-14-12-10-8-6-4-2)50-70-72(68,69)71-59-57(66)55(64)54(63)56(65)58(59)67/h51-52,54-59,61,63-67H,3-50H2,1-2H3,(H,60,62)(H,68,69)/t51-,52+,54?,55+,56?,57?,58?,59?/m0/s1. The number of phosphoric ester groups is 1. The Labute approximate surface area is 442 Å². The van der Waals surface area contributed by atoms with Gasteiger partial charge in [0, 0.05) is 6.42 Å². The number of carbonyl (C=O) groups is 1. The fourth-order valence-corrected chi connectivity index (χ4v) is 11.4. The van der Waals surface area contributed by atoms with Gasteiger partial charge in [-0.1, -0.05) is 296 Å². The molecule has 430 valence electrons. The molecule has 1 amide bonds. The molecule has 0 aromatic rings. The Bertz CT molecular complexity index is 1220. The number of nitrogens with one attached hydrogen (secondary N) is 1. The fourth-order valence-electron chi connectivity index (χ4n) is 10.4. The molecule has 13 heteroatoms. The van der Waals surface area contributed by atoms with E-state index in [2.05, 4.69) is 19.2 Å². The minimum Gasteiger partial charge on any atom is -0.391 e. The number of carbonyl (C=O) groups excluding carboxylic acids is 1. The molecule has 1 saturated carbocycles. The number of hydrogen-bond donors (Lipinski definition) is 8. The van der Waals surface area contributed by atoms with Gasteiger partial charge in [-0.2, -0.15) is 0 Å². The Balaban J connectivity index is 2.15. The molecule has 1 aliphatic carbocycles. The molecule has 1 aliphatic rings. The molecule has 9 atom stereocenters. The topological polar surface area (TPSA) is 206 Å². The number of rotatable bonds is 54. The number of aliphatic hydroxyl groups excluding tert-OH is 6. The molecular weight excluding hydrogens is 930 g/mol. The van der Waals surface area contributed by atoms with Gasteiger partial charge in [0.2, 0.25) is 5.91 Å². The molecule has 12 nitrogen and oxygen atoms in total. The Morgan fingerprint density at radius 1 is 0.417 bits per heavy atom. The highest BCUT2D eigenvalue weighted by Crippen LogP contribution is 2.47. The van der Waals surface area contributed by atoms with E-state index in [1.165, 1.54) is 238 Å². The molecule has 0 aliphatic heterocycles. The van der Waals surface area contributed by atoms with Crippen LogP contribution in [0.1, 0.15) is 316 Å². The molecule has 0 heterocycles. The van der Waals surface area contributed by atoms with Crippen LogP contribution in [0.3, 0.4) is 0 Å². The summed E-state index contributed by atoms with van der Waals surface area (Å²) in [6.45, 7) is 3.93. The lowest BCUT2D eigenvalue weighted by Gasteiger charge is -2.41. The summed E-state index contributed by atoms with van der Waals surface area (Å²) in [5.41, 5.74) is 0. The van der Waals surface area contributed by atoms with Crippen LogP contribution in [-0.2, 0) is 18.4 Å². The van der Waals surface area contributed by atoms with Crippen molar-refractivity contribution in [2.45, 2.75) is 364 Å². The van der Waals surface area contributed by atoms with Crippen LogP contribution in [0, 0.1) is 0 Å². The SMILES string of the molecule is CCCCCCCCCCCCCCCCCCCCCCCCCCCCCCCCCCCC(=O)N[C@@H](COP(=O)(O)OC1C(O)C(O)C(O)[C@@H](O)C1O)[C@H](O)CCCCCCCCCCCCCC. The van der Waals surface area contributed by atoms with Crippen molar-refractivity contribution in [3.63, 3.8) is 0 Å². The van der Waals surface area contributed by atoms with Crippen molar-refractivity contribution in [2.24, 2.45) is 0 Å². The van der Waals surface area contributed by atoms with E-state index in [0.717, 1.165) is 38.5 Å². The number of amides is 1. The second-order valence-electron chi connectivity index (χ2n) is 22.3. The maximum Gasteiger partial charge on any atom is 0.472 e. The van der Waals surface area contributed by atoms with Crippen molar-refractivity contribution in [3.8, 4) is 0 Å². The minimum absolute atomic E-state index is 0.243. The maximum absolute atomic E-state index is 13.0. The number of unbranched alkanes of at least 4 members (excludes halogenated alkanes) is 43. The van der Waals surface area contributed by atoms with Crippen LogP contribution >= 0.6 is 7.82 Å². The summed E-state index contributed by atoms with van der Waals surface area (Å²) in [4.78, 5) is 23.5. The minimum atomic E-state index is -5.06. The molecule has 1 fully saturated rings. The van der Waals surface area contributed by atoms with Gasteiger partial charge in [-0.3, -0.25) is 13.8 Å². The van der Waals surface area contributed by atoms with Crippen molar-refractivity contribution < 1.29 is 53.9 Å². The van der Waals surface area contributed by atoms with Crippen LogP contribution in [-0.4, -0.2) is 96.8 Å². The second kappa shape index (κ2) is 48.7. The highest BCUT2D eigenvalue weighted by atomic mass is 31.2. The summed E-state index contributed by atoms with van der Waals surface area (Å²) in [5, 5.41) is 64.4. The number of phosphoric acid groups is 1. The molecule has 0 spiro atoms. The van der Waals surface area contributed by atoms with E-state index in [-0.39, 0.29) is 12.3 Å². The largest absolute Gasteiger partial charge is 0.472 e. The van der Waals surface area contributed by atoms with Gasteiger partial charge in [0.05, 0.1) is 18.8 Å². The van der Waals surface area contributed by atoms with Crippen LogP contribution < -0.4 is 5.32 Å². The Kier molecular flexibility index (Phi) is 46.9. The van der Waals surface area contributed by atoms with Gasteiger partial charge in [-0.15, -0.1) is 0 Å². The Hall–Kier alpha value is -0.660. The third kappa shape index (κ3) is 38.8. The van der Waals surface area contributed by atoms with Crippen molar-refractivity contribution >= 4 is 13.7 Å². The van der Waals surface area contributed by atoms with Gasteiger partial charge in [0.1, 0.15) is 36.6 Å². The lowest BCUT2D eigenvalue weighted by atomic mass is 9.85. The highest BCUT2D eigenvalue weighted by Gasteiger charge is 2.51. The van der Waals surface area contributed by atoms with Crippen LogP contribution in [0.15, 0.2) is 0 Å². The molecule has 0 aromatic carbocycles. The van der Waals surface area contributed by atoms with E-state index in [1.807, 2.05) is 0 Å². The monoisotopic (exact) mass is 1050 g/mol. The van der Waals surface area contributed by atoms with Gasteiger partial charge in [0.15, 0.2) is 0 Å². The van der Waals surface area contributed by atoms with E-state index in [4.69, 9.17) is 9.05 Å². The zero-order chi connectivity index (χ0) is 52.8. The van der Waals surface area contributed by atoms with Crippen molar-refractivity contribution in [1.82, 2.24) is 5.32 Å². The van der Waals surface area contributed by atoms with Crippen molar-refractivity contribution in [2.75, 3.05) is 6.61 Å². The quantitative estimate of drug-likeness (QED) is 0.0212. The molecular formula is C59H118NO11P. The summed E-state index contributed by atoms with van der Waals surface area (Å²) in [6, 6.07) is -1.03. The molecule has 1 rings (SSSR count). The smallest absolute Gasteiger partial charge is 0.391 e. The molecule has 8 N–H and O–H groups in total. The zero-order valence-electron chi connectivity index (χ0n) is 46.8. The molecule has 72 heavy (non-hydrogen) atoms. The lowest BCUT2D eigenvalue weighted by molar-refractivity contribution is -0.220. The Morgan fingerprint density at radius 2 is 0.667 bits per heavy atom. The number of aliphatic hydroxyl groups is 6. The van der Waals surface area contributed by atoms with Crippen LogP contribution in [0.5, 0.6) is 0 Å². The Morgan fingerprint density at radius 3 is 0.958 bits per heavy atom. The molecule has 0 aromatic heterocycles. The number of hydrogen-bond acceptors (Lipinski definition) is 10. The summed E-state index contributed by atoms with van der Waals surface area (Å²) >= 11 is 0. The molecule has 0 saturated heterocycles. The van der Waals surface area contributed by atoms with Crippen molar-refractivity contribution in [1.29, 1.82) is 0 Å². The summed E-state index contributed by atoms with van der Waals surface area (Å²) in [7, 11) is -5.06. The van der Waals surface area contributed by atoms with E-state index in [0.29, 0.717) is 19.3 Å². The third-order valence-electron chi connectivity index (χ3n) is 15.4. The van der Waals surface area contributed by atoms with Gasteiger partial charge in [-0.25, -0.2) is 4.57 Å². The average molecular weight is 1050 g/mol. The molecule has 6 unspecified atom stereocenters. The van der Waals surface area contributed by atoms with Gasteiger partial charge >= 0.3 is 7.82 Å². The average Bonchev–Trinajstić information content (AvgIpc) is 3.37. The summed E-state index contributed by atoms with van der Waals surface area (Å²) in [6.07, 6.45) is 46.1. The van der Waals surface area contributed by atoms with E-state index < -0.39 is 63.2 Å². The molecule has 0 radical (unpaired) electrons. The third-order valence-corrected chi connectivity index (χ3v) is 16.4. The predicted octanol–water partition coefficient (Wildman–Crippen LogP) is 14.5. The van der Waals surface area contributed by atoms with Crippen LogP contribution in [0.2, 0.25) is 0 Å². The van der Waals surface area contributed by atoms with Gasteiger partial charge in [-0.05, 0) is 12.8 Å². The zero-order valence-corrected chi connectivity index (χ0v) is 47.7. The van der Waals surface area contributed by atoms with E-state index >= 15 is 0 Å².